The first-order valence-electron chi connectivity index (χ1n) is 14.4. The predicted molar refractivity (Wildman–Crippen MR) is 176 cm³/mol. The van der Waals surface area contributed by atoms with E-state index in [9.17, 15) is 0 Å². The molecule has 0 aliphatic rings. The van der Waals surface area contributed by atoms with Crippen molar-refractivity contribution in [3.05, 3.63) is 133 Å². The highest BCUT2D eigenvalue weighted by atomic mass is 15.0. The summed E-state index contributed by atoms with van der Waals surface area (Å²) < 4.78 is 4.90. The number of rotatable bonds is 2. The molecule has 0 aliphatic carbocycles. The third-order valence-electron chi connectivity index (χ3n) is 8.22. The van der Waals surface area contributed by atoms with Crippen LogP contribution in [-0.4, -0.2) is 14.1 Å². The number of hydrogen-bond acceptors (Lipinski definition) is 0. The first-order valence-corrected chi connectivity index (χ1v) is 14.4. The van der Waals surface area contributed by atoms with Gasteiger partial charge in [0.1, 0.15) is 0 Å². The summed E-state index contributed by atoms with van der Waals surface area (Å²) >= 11 is 0. The van der Waals surface area contributed by atoms with Crippen molar-refractivity contribution in [3.8, 4) is 11.4 Å². The van der Waals surface area contributed by atoms with Gasteiger partial charge in [-0.25, -0.2) is 0 Å². The van der Waals surface area contributed by atoms with Crippen LogP contribution in [0.4, 0.5) is 0 Å². The van der Waals surface area contributed by atoms with E-state index < -0.39 is 0 Å². The minimum atomic E-state index is 1.16. The van der Waals surface area contributed by atoms with Gasteiger partial charge < -0.3 is 14.1 Å². The van der Waals surface area contributed by atoms with Crippen molar-refractivity contribution < 1.29 is 0 Å². The Morgan fingerprint density at radius 1 is 0.390 bits per heavy atom. The van der Waals surface area contributed by atoms with Crippen LogP contribution < -0.4 is 0 Å². The van der Waals surface area contributed by atoms with E-state index in [-0.39, 0.29) is 0 Å². The first-order chi connectivity index (χ1) is 20.4. The highest BCUT2D eigenvalue weighted by Crippen LogP contribution is 2.44. The van der Waals surface area contributed by atoms with Crippen LogP contribution in [0.2, 0.25) is 0 Å². The second-order valence-corrected chi connectivity index (χ2v) is 10.3. The Labute approximate surface area is 237 Å². The molecule has 3 nitrogen and oxygen atoms in total. The lowest BCUT2D eigenvalue weighted by Gasteiger charge is -2.10. The highest BCUT2D eigenvalue weighted by Gasteiger charge is 2.22. The largest absolute Gasteiger partial charge is 0.354 e. The molecule has 0 fully saturated rings. The van der Waals surface area contributed by atoms with Gasteiger partial charge >= 0.3 is 0 Å². The number of nitrogens with zero attached hydrogens (tertiary/aromatic N) is 2. The van der Waals surface area contributed by atoms with E-state index in [1.807, 2.05) is 13.8 Å². The molecule has 0 aliphatic heterocycles. The number of aromatic nitrogens is 3. The summed E-state index contributed by atoms with van der Waals surface area (Å²) in [6.07, 6.45) is 0. The maximum atomic E-state index is 3.67. The molecule has 0 bridgehead atoms. The summed E-state index contributed by atoms with van der Waals surface area (Å²) in [6.45, 7) is 4.00. The average Bonchev–Trinajstić information content (AvgIpc) is 3.70. The number of para-hydroxylation sites is 4. The molecule has 0 unspecified atom stereocenters. The zero-order valence-corrected chi connectivity index (χ0v) is 23.1. The normalized spacial score (nSPS) is 11.7. The smallest absolute Gasteiger partial charge is 0.0641 e. The van der Waals surface area contributed by atoms with Gasteiger partial charge in [0.15, 0.2) is 0 Å². The second kappa shape index (κ2) is 9.14. The molecule has 3 aromatic heterocycles. The molecule has 6 aromatic carbocycles. The van der Waals surface area contributed by atoms with Gasteiger partial charge in [-0.15, -0.1) is 0 Å². The SMILES string of the molecule is CC.c1ccc(-n2c3ccccc3c3c2ccc2c4ccc5[nH]c6ccccc6c5c4n(-c4ccccc4)c23)cc1. The van der Waals surface area contributed by atoms with Crippen LogP contribution in [0, 0.1) is 0 Å². The van der Waals surface area contributed by atoms with E-state index >= 15 is 0 Å². The lowest BCUT2D eigenvalue weighted by Crippen LogP contribution is -1.95. The van der Waals surface area contributed by atoms with Crippen molar-refractivity contribution in [2.24, 2.45) is 0 Å². The molecule has 3 heteroatoms. The van der Waals surface area contributed by atoms with Gasteiger partial charge in [0.25, 0.3) is 0 Å². The zero-order valence-electron chi connectivity index (χ0n) is 23.1. The summed E-state index contributed by atoms with van der Waals surface area (Å²) in [5.74, 6) is 0. The molecule has 41 heavy (non-hydrogen) atoms. The zero-order chi connectivity index (χ0) is 27.5. The molecular weight excluding hydrogens is 498 g/mol. The topological polar surface area (TPSA) is 25.6 Å². The van der Waals surface area contributed by atoms with Crippen molar-refractivity contribution in [2.45, 2.75) is 13.8 Å². The van der Waals surface area contributed by atoms with Gasteiger partial charge in [-0.1, -0.05) is 98.8 Å². The standard InChI is InChI=1S/C36H23N3.C2H6/c1-3-11-23(12-4-1)38-31-18-10-8-16-28(31)34-32(38)22-20-26-25-19-21-30-33(27-15-7-9-17-29(27)37-30)35(25)39(36(26)34)24-13-5-2-6-14-24;1-2/h1-22,37H;1-2H3. The molecular formula is C38H29N3. The van der Waals surface area contributed by atoms with Crippen molar-refractivity contribution in [2.75, 3.05) is 0 Å². The molecule has 3 heterocycles. The van der Waals surface area contributed by atoms with Gasteiger partial charge in [0.05, 0.1) is 22.1 Å². The van der Waals surface area contributed by atoms with E-state index in [4.69, 9.17) is 0 Å². The summed E-state index contributed by atoms with van der Waals surface area (Å²) in [7, 11) is 0. The lowest BCUT2D eigenvalue weighted by atomic mass is 10.1. The summed E-state index contributed by atoms with van der Waals surface area (Å²) in [5, 5.41) is 7.59. The second-order valence-electron chi connectivity index (χ2n) is 10.3. The van der Waals surface area contributed by atoms with Crippen molar-refractivity contribution in [1.29, 1.82) is 0 Å². The van der Waals surface area contributed by atoms with E-state index in [2.05, 4.69) is 148 Å². The fourth-order valence-corrected chi connectivity index (χ4v) is 6.67. The fourth-order valence-electron chi connectivity index (χ4n) is 6.67. The molecule has 1 N–H and O–H groups in total. The quantitative estimate of drug-likeness (QED) is 0.231. The van der Waals surface area contributed by atoms with Crippen LogP contribution in [0.5, 0.6) is 0 Å². The Hall–Kier alpha value is -5.28. The number of H-pyrrole nitrogens is 1. The number of aromatic amines is 1. The minimum Gasteiger partial charge on any atom is -0.354 e. The van der Waals surface area contributed by atoms with Gasteiger partial charge in [-0.05, 0) is 48.5 Å². The lowest BCUT2D eigenvalue weighted by molar-refractivity contribution is 1.18. The molecule has 9 rings (SSSR count). The van der Waals surface area contributed by atoms with E-state index in [0.29, 0.717) is 0 Å². The number of nitrogens with one attached hydrogen (secondary N) is 1. The summed E-state index contributed by atoms with van der Waals surface area (Å²) in [6, 6.07) is 48.1. The van der Waals surface area contributed by atoms with Crippen molar-refractivity contribution in [1.82, 2.24) is 14.1 Å². The van der Waals surface area contributed by atoms with Crippen LogP contribution in [-0.2, 0) is 0 Å². The maximum absolute atomic E-state index is 3.67. The van der Waals surface area contributed by atoms with E-state index in [0.717, 1.165) is 11.0 Å². The number of benzene rings is 6. The molecule has 0 amide bonds. The first kappa shape index (κ1) is 23.6. The third-order valence-corrected chi connectivity index (χ3v) is 8.22. The highest BCUT2D eigenvalue weighted by molar-refractivity contribution is 6.31. The van der Waals surface area contributed by atoms with Crippen LogP contribution in [0.15, 0.2) is 133 Å². The van der Waals surface area contributed by atoms with Crippen LogP contribution in [0.3, 0.4) is 0 Å². The van der Waals surface area contributed by atoms with Crippen molar-refractivity contribution in [3.63, 3.8) is 0 Å². The van der Waals surface area contributed by atoms with Gasteiger partial charge in [0, 0.05) is 54.7 Å². The molecule has 0 atom stereocenters. The minimum absolute atomic E-state index is 1.16. The van der Waals surface area contributed by atoms with Gasteiger partial charge in [-0.2, -0.15) is 0 Å². The third kappa shape index (κ3) is 3.26. The fraction of sp³-hybridized carbons (Fsp3) is 0.0526. The number of hydrogen-bond donors (Lipinski definition) is 1. The Bertz CT molecular complexity index is 2370. The maximum Gasteiger partial charge on any atom is 0.0641 e. The van der Waals surface area contributed by atoms with Gasteiger partial charge in [-0.3, -0.25) is 0 Å². The molecule has 0 saturated carbocycles. The predicted octanol–water partition coefficient (Wildman–Crippen LogP) is 10.5. The van der Waals surface area contributed by atoms with Gasteiger partial charge in [0.2, 0.25) is 0 Å². The average molecular weight is 528 g/mol. The Morgan fingerprint density at radius 2 is 0.951 bits per heavy atom. The molecule has 0 spiro atoms. The summed E-state index contributed by atoms with van der Waals surface area (Å²) in [4.78, 5) is 3.67. The summed E-state index contributed by atoms with van der Waals surface area (Å²) in [5.41, 5.74) is 9.58. The Morgan fingerprint density at radius 3 is 1.68 bits per heavy atom. The number of fused-ring (bicyclic) bond motifs is 11. The monoisotopic (exact) mass is 527 g/mol. The van der Waals surface area contributed by atoms with Crippen LogP contribution >= 0.6 is 0 Å². The molecule has 196 valence electrons. The molecule has 9 aromatic rings. The van der Waals surface area contributed by atoms with Crippen LogP contribution in [0.25, 0.3) is 76.8 Å². The van der Waals surface area contributed by atoms with Crippen molar-refractivity contribution >= 4 is 65.4 Å². The Balaban J connectivity index is 0.00000125. The Kier molecular flexibility index (Phi) is 5.26. The van der Waals surface area contributed by atoms with Crippen LogP contribution in [0.1, 0.15) is 13.8 Å². The molecule has 0 radical (unpaired) electrons. The van der Waals surface area contributed by atoms with E-state index in [1.54, 1.807) is 0 Å². The van der Waals surface area contributed by atoms with E-state index in [1.165, 1.54) is 65.8 Å². The molecule has 0 saturated heterocycles.